The highest BCUT2D eigenvalue weighted by Crippen LogP contribution is 2.20. The molecule has 1 amide bonds. The van der Waals surface area contributed by atoms with Crippen molar-refractivity contribution in [3.63, 3.8) is 0 Å². The third kappa shape index (κ3) is 2.82. The van der Waals surface area contributed by atoms with E-state index in [2.05, 4.69) is 11.8 Å². The van der Waals surface area contributed by atoms with Gasteiger partial charge in [-0.3, -0.25) is 14.9 Å². The second-order valence-electron chi connectivity index (χ2n) is 3.15. The summed E-state index contributed by atoms with van der Waals surface area (Å²) in [4.78, 5) is 20.6. The van der Waals surface area contributed by atoms with E-state index in [-0.39, 0.29) is 12.1 Å². The van der Waals surface area contributed by atoms with E-state index in [1.54, 1.807) is 19.1 Å². The molecule has 1 rings (SSSR count). The molecule has 0 radical (unpaired) electrons. The van der Waals surface area contributed by atoms with E-state index >= 15 is 0 Å². The lowest BCUT2D eigenvalue weighted by Crippen LogP contribution is -2.08. The fourth-order valence-electron chi connectivity index (χ4n) is 1.18. The Labute approximate surface area is 92.4 Å². The van der Waals surface area contributed by atoms with Gasteiger partial charge < -0.3 is 5.73 Å². The number of hydrogen-bond donors (Lipinski definition) is 1. The van der Waals surface area contributed by atoms with Gasteiger partial charge >= 0.3 is 0 Å². The monoisotopic (exact) mass is 218 g/mol. The molecule has 0 fully saturated rings. The number of nitro benzene ring substituents is 1. The van der Waals surface area contributed by atoms with Crippen molar-refractivity contribution in [2.75, 3.05) is 0 Å². The Balaban J connectivity index is 3.05. The van der Waals surface area contributed by atoms with Crippen LogP contribution < -0.4 is 5.73 Å². The molecule has 0 aromatic heterocycles. The van der Waals surface area contributed by atoms with Crippen molar-refractivity contribution in [2.24, 2.45) is 5.73 Å². The van der Waals surface area contributed by atoms with E-state index in [1.165, 1.54) is 6.07 Å². The zero-order valence-corrected chi connectivity index (χ0v) is 8.69. The molecule has 16 heavy (non-hydrogen) atoms. The lowest BCUT2D eigenvalue weighted by molar-refractivity contribution is -0.385. The minimum atomic E-state index is -0.518. The summed E-state index contributed by atoms with van der Waals surface area (Å²) in [5.41, 5.74) is 5.97. The zero-order chi connectivity index (χ0) is 12.1. The van der Waals surface area contributed by atoms with Gasteiger partial charge in [0.2, 0.25) is 5.91 Å². The maximum absolute atomic E-state index is 10.6. The SMILES string of the molecule is Cc1c(C#CCC(N)=O)cccc1[N+](=O)[O-]. The van der Waals surface area contributed by atoms with Gasteiger partial charge in [0.25, 0.3) is 5.69 Å². The van der Waals surface area contributed by atoms with Crippen molar-refractivity contribution in [3.05, 3.63) is 39.4 Å². The van der Waals surface area contributed by atoms with Crippen molar-refractivity contribution in [2.45, 2.75) is 13.3 Å². The van der Waals surface area contributed by atoms with Crippen molar-refractivity contribution >= 4 is 11.6 Å². The molecule has 0 bridgehead atoms. The third-order valence-electron chi connectivity index (χ3n) is 1.99. The summed E-state index contributed by atoms with van der Waals surface area (Å²) in [6.45, 7) is 1.62. The molecule has 0 saturated heterocycles. The Kier molecular flexibility index (Phi) is 3.62. The Morgan fingerprint density at radius 2 is 2.25 bits per heavy atom. The minimum absolute atomic E-state index is 0.0193. The van der Waals surface area contributed by atoms with Crippen LogP contribution in [0.2, 0.25) is 0 Å². The van der Waals surface area contributed by atoms with E-state index in [0.717, 1.165) is 0 Å². The standard InChI is InChI=1S/C11H10N2O3/c1-8-9(5-3-7-11(12)14)4-2-6-10(8)13(15)16/h2,4,6H,7H2,1H3,(H2,12,14). The zero-order valence-electron chi connectivity index (χ0n) is 8.69. The maximum Gasteiger partial charge on any atom is 0.273 e. The smallest absolute Gasteiger partial charge is 0.273 e. The van der Waals surface area contributed by atoms with Crippen molar-refractivity contribution in [1.29, 1.82) is 0 Å². The highest BCUT2D eigenvalue weighted by molar-refractivity contribution is 5.76. The van der Waals surface area contributed by atoms with Crippen LogP contribution in [0, 0.1) is 28.9 Å². The predicted octanol–water partition coefficient (Wildman–Crippen LogP) is 1.13. The second kappa shape index (κ2) is 4.94. The molecule has 5 heteroatoms. The summed E-state index contributed by atoms with van der Waals surface area (Å²) in [5, 5.41) is 10.6. The highest BCUT2D eigenvalue weighted by Gasteiger charge is 2.11. The van der Waals surface area contributed by atoms with E-state index < -0.39 is 10.8 Å². The van der Waals surface area contributed by atoms with Gasteiger partial charge in [0, 0.05) is 17.2 Å². The average molecular weight is 218 g/mol. The van der Waals surface area contributed by atoms with Gasteiger partial charge in [-0.15, -0.1) is 0 Å². The van der Waals surface area contributed by atoms with E-state index in [9.17, 15) is 14.9 Å². The van der Waals surface area contributed by atoms with Gasteiger partial charge in [-0.1, -0.05) is 17.9 Å². The van der Waals surface area contributed by atoms with E-state index in [0.29, 0.717) is 11.1 Å². The molecule has 82 valence electrons. The van der Waals surface area contributed by atoms with Crippen LogP contribution in [0.5, 0.6) is 0 Å². The average Bonchev–Trinajstić information content (AvgIpc) is 2.19. The molecular formula is C11H10N2O3. The normalized spacial score (nSPS) is 9.06. The molecule has 0 atom stereocenters. The number of primary amides is 1. The van der Waals surface area contributed by atoms with Gasteiger partial charge in [0.05, 0.1) is 11.3 Å². The first-order valence-corrected chi connectivity index (χ1v) is 4.53. The summed E-state index contributed by atoms with van der Waals surface area (Å²) in [6.07, 6.45) is -0.0534. The first kappa shape index (κ1) is 11.7. The molecule has 0 aliphatic rings. The molecule has 0 aliphatic heterocycles. The summed E-state index contributed by atoms with van der Waals surface area (Å²) in [5.74, 6) is 4.73. The number of amides is 1. The van der Waals surface area contributed by atoms with Crippen LogP contribution in [0.25, 0.3) is 0 Å². The third-order valence-corrected chi connectivity index (χ3v) is 1.99. The Morgan fingerprint density at radius 1 is 1.56 bits per heavy atom. The maximum atomic E-state index is 10.6. The van der Waals surface area contributed by atoms with Crippen LogP contribution in [0.15, 0.2) is 18.2 Å². The molecule has 1 aromatic rings. The van der Waals surface area contributed by atoms with Crippen molar-refractivity contribution in [3.8, 4) is 11.8 Å². The van der Waals surface area contributed by atoms with Gasteiger partial charge in [-0.05, 0) is 13.0 Å². The summed E-state index contributed by atoms with van der Waals surface area (Å²) in [7, 11) is 0. The largest absolute Gasteiger partial charge is 0.369 e. The van der Waals surface area contributed by atoms with Crippen molar-refractivity contribution < 1.29 is 9.72 Å². The van der Waals surface area contributed by atoms with Gasteiger partial charge in [0.1, 0.15) is 0 Å². The van der Waals surface area contributed by atoms with Crippen LogP contribution in [0.4, 0.5) is 5.69 Å². The van der Waals surface area contributed by atoms with E-state index in [4.69, 9.17) is 5.73 Å². The molecular weight excluding hydrogens is 208 g/mol. The van der Waals surface area contributed by atoms with E-state index in [1.807, 2.05) is 0 Å². The van der Waals surface area contributed by atoms with Gasteiger partial charge in [-0.2, -0.15) is 0 Å². The van der Waals surface area contributed by atoms with Crippen LogP contribution in [0.1, 0.15) is 17.5 Å². The predicted molar refractivity (Wildman–Crippen MR) is 58.5 cm³/mol. The molecule has 1 aromatic carbocycles. The number of benzene rings is 1. The number of nitro groups is 1. The highest BCUT2D eigenvalue weighted by atomic mass is 16.6. The molecule has 0 saturated carbocycles. The fourth-order valence-corrected chi connectivity index (χ4v) is 1.18. The Morgan fingerprint density at radius 3 is 2.81 bits per heavy atom. The summed E-state index contributed by atoms with van der Waals surface area (Å²) in [6, 6.07) is 4.63. The summed E-state index contributed by atoms with van der Waals surface area (Å²) >= 11 is 0. The quantitative estimate of drug-likeness (QED) is 0.458. The molecule has 0 heterocycles. The number of nitrogens with zero attached hydrogens (tertiary/aromatic N) is 1. The van der Waals surface area contributed by atoms with Crippen LogP contribution in [-0.2, 0) is 4.79 Å². The molecule has 0 aliphatic carbocycles. The molecule has 2 N–H and O–H groups in total. The van der Waals surface area contributed by atoms with Crippen LogP contribution in [-0.4, -0.2) is 10.8 Å². The lowest BCUT2D eigenvalue weighted by atomic mass is 10.1. The Bertz CT molecular complexity index is 498. The topological polar surface area (TPSA) is 86.2 Å². The molecule has 0 spiro atoms. The Hall–Kier alpha value is -2.35. The second-order valence-corrected chi connectivity index (χ2v) is 3.15. The van der Waals surface area contributed by atoms with Crippen LogP contribution >= 0.6 is 0 Å². The summed E-state index contributed by atoms with van der Waals surface area (Å²) < 4.78 is 0. The van der Waals surface area contributed by atoms with Crippen molar-refractivity contribution in [1.82, 2.24) is 0 Å². The first-order valence-electron chi connectivity index (χ1n) is 4.53. The number of nitrogens with two attached hydrogens (primary N) is 1. The molecule has 5 nitrogen and oxygen atoms in total. The van der Waals surface area contributed by atoms with Gasteiger partial charge in [-0.25, -0.2) is 0 Å². The number of rotatable bonds is 2. The fraction of sp³-hybridized carbons (Fsp3) is 0.182. The van der Waals surface area contributed by atoms with Crippen LogP contribution in [0.3, 0.4) is 0 Å². The number of carbonyl (C=O) groups excluding carboxylic acids is 1. The lowest BCUT2D eigenvalue weighted by Gasteiger charge is -1.98. The number of carbonyl (C=O) groups is 1. The van der Waals surface area contributed by atoms with Gasteiger partial charge in [0.15, 0.2) is 0 Å². The molecule has 0 unspecified atom stereocenters. The first-order chi connectivity index (χ1) is 7.52. The number of hydrogen-bond acceptors (Lipinski definition) is 3. The minimum Gasteiger partial charge on any atom is -0.369 e.